The Morgan fingerprint density at radius 3 is 2.57 bits per heavy atom. The predicted octanol–water partition coefficient (Wildman–Crippen LogP) is 0.976. The van der Waals surface area contributed by atoms with Crippen molar-refractivity contribution in [3.63, 3.8) is 0 Å². The van der Waals surface area contributed by atoms with Crippen LogP contribution in [0.1, 0.15) is 18.4 Å². The molecule has 1 aromatic carbocycles. The number of sulfone groups is 1. The van der Waals surface area contributed by atoms with Crippen molar-refractivity contribution in [1.29, 1.82) is 0 Å². The number of fused-ring (bicyclic) bond motifs is 1. The van der Waals surface area contributed by atoms with E-state index in [0.29, 0.717) is 32.5 Å². The molecular formula is C20H24N6O3S. The minimum absolute atomic E-state index is 0.205. The number of H-pyrrole nitrogens is 1. The first-order chi connectivity index (χ1) is 14.3. The normalized spacial score (nSPS) is 16.5. The average Bonchev–Trinajstić information content (AvgIpc) is 3.21. The van der Waals surface area contributed by atoms with Crippen LogP contribution in [-0.2, 0) is 21.2 Å². The van der Waals surface area contributed by atoms with E-state index in [-0.39, 0.29) is 10.8 Å². The van der Waals surface area contributed by atoms with E-state index in [1.54, 1.807) is 12.1 Å². The molecule has 1 fully saturated rings. The van der Waals surface area contributed by atoms with E-state index in [4.69, 9.17) is 5.73 Å². The minimum atomic E-state index is -3.24. The fourth-order valence-corrected chi connectivity index (χ4v) is 4.30. The summed E-state index contributed by atoms with van der Waals surface area (Å²) < 4.78 is 23.1. The summed E-state index contributed by atoms with van der Waals surface area (Å²) >= 11 is 0. The second kappa shape index (κ2) is 7.69. The van der Waals surface area contributed by atoms with Crippen molar-refractivity contribution in [3.05, 3.63) is 48.4 Å². The SMILES string of the molecule is CS(=O)(=O)c1ccc(CNC(=O)C2(N)CCN(c3ncnc4[nH]ccc34)CC2)cc1. The molecule has 9 nitrogen and oxygen atoms in total. The lowest BCUT2D eigenvalue weighted by Crippen LogP contribution is -2.59. The summed E-state index contributed by atoms with van der Waals surface area (Å²) in [7, 11) is -3.24. The maximum absolute atomic E-state index is 12.8. The van der Waals surface area contributed by atoms with Crippen LogP contribution in [0.15, 0.2) is 47.8 Å². The molecule has 0 radical (unpaired) electrons. The Kier molecular flexibility index (Phi) is 5.20. The summed E-state index contributed by atoms with van der Waals surface area (Å²) in [6.45, 7) is 1.52. The number of aromatic amines is 1. The molecular weight excluding hydrogens is 404 g/mol. The lowest BCUT2D eigenvalue weighted by molar-refractivity contribution is -0.127. The maximum atomic E-state index is 12.8. The van der Waals surface area contributed by atoms with Crippen molar-refractivity contribution >= 4 is 32.6 Å². The molecule has 1 saturated heterocycles. The summed E-state index contributed by atoms with van der Waals surface area (Å²) in [6.07, 6.45) is 5.52. The molecule has 0 unspecified atom stereocenters. The van der Waals surface area contributed by atoms with Gasteiger partial charge in [0.05, 0.1) is 15.8 Å². The van der Waals surface area contributed by atoms with Crippen molar-refractivity contribution < 1.29 is 13.2 Å². The van der Waals surface area contributed by atoms with E-state index in [9.17, 15) is 13.2 Å². The van der Waals surface area contributed by atoms with Crippen LogP contribution < -0.4 is 16.0 Å². The molecule has 4 N–H and O–H groups in total. The number of nitrogens with zero attached hydrogens (tertiary/aromatic N) is 3. The van der Waals surface area contributed by atoms with Gasteiger partial charge < -0.3 is 20.9 Å². The van der Waals surface area contributed by atoms with E-state index < -0.39 is 15.4 Å². The summed E-state index contributed by atoms with van der Waals surface area (Å²) in [5.74, 6) is 0.637. The van der Waals surface area contributed by atoms with Crippen LogP contribution in [0.3, 0.4) is 0 Å². The van der Waals surface area contributed by atoms with E-state index in [2.05, 4.69) is 25.2 Å². The first-order valence-electron chi connectivity index (χ1n) is 9.65. The molecule has 1 aliphatic rings. The third kappa shape index (κ3) is 4.01. The fourth-order valence-electron chi connectivity index (χ4n) is 3.67. The Morgan fingerprint density at radius 2 is 1.90 bits per heavy atom. The number of hydrogen-bond acceptors (Lipinski definition) is 7. The number of anilines is 1. The number of nitrogens with one attached hydrogen (secondary N) is 2. The maximum Gasteiger partial charge on any atom is 0.240 e. The number of nitrogens with two attached hydrogens (primary N) is 1. The highest BCUT2D eigenvalue weighted by atomic mass is 32.2. The van der Waals surface area contributed by atoms with Crippen LogP contribution in [0.5, 0.6) is 0 Å². The van der Waals surface area contributed by atoms with Crippen LogP contribution in [0.4, 0.5) is 5.82 Å². The van der Waals surface area contributed by atoms with Crippen LogP contribution >= 0.6 is 0 Å². The summed E-state index contributed by atoms with van der Waals surface area (Å²) in [5.41, 5.74) is 7.07. The molecule has 0 atom stereocenters. The van der Waals surface area contributed by atoms with Gasteiger partial charge in [0.15, 0.2) is 9.84 Å². The molecule has 3 aromatic rings. The Balaban J connectivity index is 1.37. The van der Waals surface area contributed by atoms with Crippen molar-refractivity contribution in [1.82, 2.24) is 20.3 Å². The Morgan fingerprint density at radius 1 is 1.20 bits per heavy atom. The highest BCUT2D eigenvalue weighted by Gasteiger charge is 2.38. The molecule has 0 spiro atoms. The van der Waals surface area contributed by atoms with Crippen molar-refractivity contribution in [2.24, 2.45) is 5.73 Å². The number of carbonyl (C=O) groups excluding carboxylic acids is 1. The van der Waals surface area contributed by atoms with Crippen LogP contribution in [0, 0.1) is 0 Å². The van der Waals surface area contributed by atoms with E-state index in [1.165, 1.54) is 18.5 Å². The molecule has 10 heteroatoms. The highest BCUT2D eigenvalue weighted by Crippen LogP contribution is 2.28. The molecule has 0 bridgehead atoms. The van der Waals surface area contributed by atoms with Gasteiger partial charge in [0.25, 0.3) is 0 Å². The van der Waals surface area contributed by atoms with Gasteiger partial charge in [0, 0.05) is 32.1 Å². The quantitative estimate of drug-likeness (QED) is 0.551. The summed E-state index contributed by atoms with van der Waals surface area (Å²) in [6, 6.07) is 8.41. The molecule has 30 heavy (non-hydrogen) atoms. The van der Waals surface area contributed by atoms with Crippen molar-refractivity contribution in [2.45, 2.75) is 29.8 Å². The van der Waals surface area contributed by atoms with Crippen LogP contribution in [-0.4, -0.2) is 54.2 Å². The average molecular weight is 429 g/mol. The first kappa shape index (κ1) is 20.3. The number of carbonyl (C=O) groups is 1. The molecule has 0 saturated carbocycles. The van der Waals surface area contributed by atoms with E-state index >= 15 is 0 Å². The van der Waals surface area contributed by atoms with Gasteiger partial charge in [-0.15, -0.1) is 0 Å². The highest BCUT2D eigenvalue weighted by molar-refractivity contribution is 7.90. The topological polar surface area (TPSA) is 134 Å². The molecule has 1 aliphatic heterocycles. The minimum Gasteiger partial charge on any atom is -0.356 e. The van der Waals surface area contributed by atoms with Gasteiger partial charge in [0.1, 0.15) is 17.8 Å². The molecule has 0 aliphatic carbocycles. The number of rotatable bonds is 5. The first-order valence-corrected chi connectivity index (χ1v) is 11.5. The number of aromatic nitrogens is 3. The smallest absolute Gasteiger partial charge is 0.240 e. The molecule has 158 valence electrons. The Bertz CT molecular complexity index is 1160. The second-order valence-corrected chi connectivity index (χ2v) is 9.69. The van der Waals surface area contributed by atoms with Gasteiger partial charge in [-0.1, -0.05) is 12.1 Å². The Hall–Kier alpha value is -2.98. The summed E-state index contributed by atoms with van der Waals surface area (Å²) in [5, 5.41) is 3.83. The molecule has 2 aromatic heterocycles. The lowest BCUT2D eigenvalue weighted by Gasteiger charge is -2.38. The largest absolute Gasteiger partial charge is 0.356 e. The zero-order valence-electron chi connectivity index (χ0n) is 16.6. The zero-order valence-corrected chi connectivity index (χ0v) is 17.4. The van der Waals surface area contributed by atoms with Gasteiger partial charge in [-0.2, -0.15) is 0 Å². The number of piperidine rings is 1. The monoisotopic (exact) mass is 428 g/mol. The van der Waals surface area contributed by atoms with E-state index in [0.717, 1.165) is 28.7 Å². The number of benzene rings is 1. The van der Waals surface area contributed by atoms with Crippen LogP contribution in [0.25, 0.3) is 11.0 Å². The van der Waals surface area contributed by atoms with Gasteiger partial charge >= 0.3 is 0 Å². The van der Waals surface area contributed by atoms with Gasteiger partial charge in [-0.3, -0.25) is 4.79 Å². The Labute approximate surface area is 174 Å². The fraction of sp³-hybridized carbons (Fsp3) is 0.350. The standard InChI is InChI=1S/C20H24N6O3S/c1-30(28,29)15-4-2-14(3-5-15)12-23-19(27)20(21)7-10-26(11-8-20)18-16-6-9-22-17(16)24-13-25-18/h2-6,9,13H,7-8,10-12,21H2,1H3,(H,23,27)(H,22,24,25). The van der Waals surface area contributed by atoms with Crippen LogP contribution in [0.2, 0.25) is 0 Å². The second-order valence-electron chi connectivity index (χ2n) is 7.68. The summed E-state index contributed by atoms with van der Waals surface area (Å²) in [4.78, 5) is 26.8. The third-order valence-electron chi connectivity index (χ3n) is 5.54. The molecule has 3 heterocycles. The molecule has 1 amide bonds. The van der Waals surface area contributed by atoms with Gasteiger partial charge in [-0.25, -0.2) is 18.4 Å². The van der Waals surface area contributed by atoms with Crippen molar-refractivity contribution in [2.75, 3.05) is 24.2 Å². The van der Waals surface area contributed by atoms with Gasteiger partial charge in [-0.05, 0) is 36.6 Å². The molecule has 4 rings (SSSR count). The number of hydrogen-bond donors (Lipinski definition) is 3. The number of amides is 1. The lowest BCUT2D eigenvalue weighted by atomic mass is 9.87. The van der Waals surface area contributed by atoms with Gasteiger partial charge in [0.2, 0.25) is 5.91 Å². The van der Waals surface area contributed by atoms with Crippen molar-refractivity contribution in [3.8, 4) is 0 Å². The zero-order chi connectivity index (χ0) is 21.4. The van der Waals surface area contributed by atoms with E-state index in [1.807, 2.05) is 12.3 Å². The third-order valence-corrected chi connectivity index (χ3v) is 6.67. The predicted molar refractivity (Wildman–Crippen MR) is 114 cm³/mol.